The van der Waals surface area contributed by atoms with Gasteiger partial charge in [-0.2, -0.15) is 9.36 Å². The second-order valence-electron chi connectivity index (χ2n) is 2.44. The van der Waals surface area contributed by atoms with Gasteiger partial charge in [0, 0.05) is 6.54 Å². The first-order valence-electron chi connectivity index (χ1n) is 3.89. The summed E-state index contributed by atoms with van der Waals surface area (Å²) in [5, 5.41) is 10.2. The van der Waals surface area contributed by atoms with Crippen LogP contribution in [0, 0.1) is 0 Å². The number of thiophene rings is 1. The molecule has 5 nitrogen and oxygen atoms in total. The van der Waals surface area contributed by atoms with E-state index < -0.39 is 0 Å². The van der Waals surface area contributed by atoms with Crippen LogP contribution < -0.4 is 5.69 Å². The Labute approximate surface area is 78.2 Å². The fraction of sp³-hybridized carbons (Fsp3) is 0.286. The molecule has 0 N–H and O–H groups in total. The molecular weight excluding hydrogens is 188 g/mol. The second-order valence-corrected chi connectivity index (χ2v) is 3.37. The van der Waals surface area contributed by atoms with Gasteiger partial charge in [0.15, 0.2) is 0 Å². The van der Waals surface area contributed by atoms with E-state index in [1.807, 2.05) is 24.4 Å². The maximum Gasteiger partial charge on any atom is 0.369 e. The summed E-state index contributed by atoms with van der Waals surface area (Å²) in [4.78, 5) is 11.5. The molecule has 0 spiro atoms. The highest BCUT2D eigenvalue weighted by Gasteiger charge is 2.06. The van der Waals surface area contributed by atoms with Crippen molar-refractivity contribution in [1.82, 2.24) is 19.8 Å². The average Bonchev–Trinajstić information content (AvgIpc) is 2.72. The van der Waals surface area contributed by atoms with Gasteiger partial charge in [0.25, 0.3) is 0 Å². The quantitative estimate of drug-likeness (QED) is 0.703. The molecule has 0 saturated carbocycles. The molecule has 0 unspecified atom stereocenters. The van der Waals surface area contributed by atoms with E-state index in [0.29, 0.717) is 6.54 Å². The van der Waals surface area contributed by atoms with E-state index in [-0.39, 0.29) is 5.69 Å². The Morgan fingerprint density at radius 1 is 1.54 bits per heavy atom. The van der Waals surface area contributed by atoms with Crippen LogP contribution in [-0.4, -0.2) is 19.8 Å². The van der Waals surface area contributed by atoms with Crippen LogP contribution in [0.5, 0.6) is 0 Å². The first-order chi connectivity index (χ1) is 6.33. The van der Waals surface area contributed by atoms with Crippen LogP contribution in [0.15, 0.2) is 22.3 Å². The van der Waals surface area contributed by atoms with Crippen molar-refractivity contribution < 1.29 is 0 Å². The lowest BCUT2D eigenvalue weighted by Crippen LogP contribution is -2.22. The van der Waals surface area contributed by atoms with Gasteiger partial charge in [-0.25, -0.2) is 4.79 Å². The van der Waals surface area contributed by atoms with Crippen molar-refractivity contribution in [2.45, 2.75) is 13.5 Å². The predicted molar refractivity (Wildman–Crippen MR) is 49.2 cm³/mol. The summed E-state index contributed by atoms with van der Waals surface area (Å²) in [7, 11) is 0. The Morgan fingerprint density at radius 3 is 2.92 bits per heavy atom. The lowest BCUT2D eigenvalue weighted by atomic mass is 10.6. The number of aryl methyl sites for hydroxylation is 1. The minimum absolute atomic E-state index is 0.190. The Kier molecular flexibility index (Phi) is 1.97. The first-order valence-corrected chi connectivity index (χ1v) is 4.77. The van der Waals surface area contributed by atoms with E-state index in [2.05, 4.69) is 10.4 Å². The third kappa shape index (κ3) is 1.29. The van der Waals surface area contributed by atoms with Crippen LogP contribution in [0.3, 0.4) is 0 Å². The number of nitrogens with zero attached hydrogens (tertiary/aromatic N) is 4. The van der Waals surface area contributed by atoms with Gasteiger partial charge in [-0.15, -0.1) is 11.3 Å². The zero-order valence-corrected chi connectivity index (χ0v) is 7.86. The van der Waals surface area contributed by atoms with Crippen LogP contribution in [0.2, 0.25) is 0 Å². The highest BCUT2D eigenvalue weighted by Crippen LogP contribution is 2.10. The molecule has 0 atom stereocenters. The topological polar surface area (TPSA) is 52.7 Å². The molecule has 0 aromatic carbocycles. The molecule has 0 bridgehead atoms. The summed E-state index contributed by atoms with van der Waals surface area (Å²) in [6, 6.07) is 3.71. The Morgan fingerprint density at radius 2 is 2.38 bits per heavy atom. The van der Waals surface area contributed by atoms with Crippen molar-refractivity contribution in [1.29, 1.82) is 0 Å². The smallest absolute Gasteiger partial charge is 0.244 e. The van der Waals surface area contributed by atoms with Gasteiger partial charge in [-0.1, -0.05) is 0 Å². The summed E-state index contributed by atoms with van der Waals surface area (Å²) >= 11 is 1.46. The Bertz CT molecular complexity index is 441. The van der Waals surface area contributed by atoms with Gasteiger partial charge in [-0.3, -0.25) is 0 Å². The Balaban J connectivity index is 2.54. The molecule has 2 heterocycles. The molecule has 0 fully saturated rings. The fourth-order valence-electron chi connectivity index (χ4n) is 1.00. The lowest BCUT2D eigenvalue weighted by Gasteiger charge is -1.89. The van der Waals surface area contributed by atoms with Gasteiger partial charge in [0.2, 0.25) is 0 Å². The van der Waals surface area contributed by atoms with Gasteiger partial charge in [0.05, 0.1) is 0 Å². The van der Waals surface area contributed by atoms with Gasteiger partial charge < -0.3 is 0 Å². The van der Waals surface area contributed by atoms with E-state index in [0.717, 1.165) is 5.00 Å². The maximum atomic E-state index is 11.5. The summed E-state index contributed by atoms with van der Waals surface area (Å²) in [5.41, 5.74) is -0.190. The summed E-state index contributed by atoms with van der Waals surface area (Å²) < 4.78 is 2.62. The summed E-state index contributed by atoms with van der Waals surface area (Å²) in [6.45, 7) is 2.40. The second kappa shape index (κ2) is 3.14. The predicted octanol–water partition coefficient (Wildman–Crippen LogP) is 0.510. The molecular formula is C7H8N4OS. The Hall–Kier alpha value is -1.43. The molecule has 0 radical (unpaired) electrons. The minimum Gasteiger partial charge on any atom is -0.244 e. The summed E-state index contributed by atoms with van der Waals surface area (Å²) in [5.74, 6) is 0. The number of rotatable bonds is 2. The normalized spacial score (nSPS) is 10.5. The largest absolute Gasteiger partial charge is 0.369 e. The zero-order chi connectivity index (χ0) is 9.26. The fourth-order valence-corrected chi connectivity index (χ4v) is 1.67. The molecule has 2 rings (SSSR count). The third-order valence-electron chi connectivity index (χ3n) is 1.65. The van der Waals surface area contributed by atoms with Crippen molar-refractivity contribution in [2.24, 2.45) is 0 Å². The van der Waals surface area contributed by atoms with E-state index >= 15 is 0 Å². The van der Waals surface area contributed by atoms with Crippen LogP contribution in [-0.2, 0) is 6.54 Å². The van der Waals surface area contributed by atoms with Gasteiger partial charge in [-0.05, 0) is 34.9 Å². The van der Waals surface area contributed by atoms with Crippen LogP contribution in [0.4, 0.5) is 0 Å². The molecule has 0 aliphatic heterocycles. The van der Waals surface area contributed by atoms with Crippen molar-refractivity contribution in [2.75, 3.05) is 0 Å². The molecule has 2 aromatic heterocycles. The first kappa shape index (κ1) is 8.18. The SMILES string of the molecule is CCn1nnn(-c2cccs2)c1=O. The highest BCUT2D eigenvalue weighted by molar-refractivity contribution is 7.12. The van der Waals surface area contributed by atoms with Crippen molar-refractivity contribution in [3.63, 3.8) is 0 Å². The molecule has 0 aliphatic rings. The number of aromatic nitrogens is 4. The lowest BCUT2D eigenvalue weighted by molar-refractivity contribution is 0.609. The number of hydrogen-bond donors (Lipinski definition) is 0. The summed E-state index contributed by atoms with van der Waals surface area (Å²) in [6.07, 6.45) is 0. The molecule has 6 heteroatoms. The van der Waals surface area contributed by atoms with E-state index in [4.69, 9.17) is 0 Å². The number of hydrogen-bond acceptors (Lipinski definition) is 4. The van der Waals surface area contributed by atoms with Crippen LogP contribution in [0.1, 0.15) is 6.92 Å². The zero-order valence-electron chi connectivity index (χ0n) is 7.04. The molecule has 0 amide bonds. The molecule has 13 heavy (non-hydrogen) atoms. The standard InChI is InChI=1S/C7H8N4OS/c1-2-10-7(12)11(9-8-10)6-4-3-5-13-6/h3-5H,2H2,1H3. The van der Waals surface area contributed by atoms with E-state index in [9.17, 15) is 4.79 Å². The molecule has 0 aliphatic carbocycles. The van der Waals surface area contributed by atoms with Crippen LogP contribution >= 0.6 is 11.3 Å². The maximum absolute atomic E-state index is 11.5. The van der Waals surface area contributed by atoms with Gasteiger partial charge >= 0.3 is 5.69 Å². The van der Waals surface area contributed by atoms with Gasteiger partial charge in [0.1, 0.15) is 5.00 Å². The molecule has 0 saturated heterocycles. The van der Waals surface area contributed by atoms with Crippen LogP contribution in [0.25, 0.3) is 5.00 Å². The van der Waals surface area contributed by atoms with E-state index in [1.54, 1.807) is 0 Å². The average molecular weight is 196 g/mol. The van der Waals surface area contributed by atoms with Crippen molar-refractivity contribution in [3.05, 3.63) is 28.0 Å². The monoisotopic (exact) mass is 196 g/mol. The molecule has 2 aromatic rings. The highest BCUT2D eigenvalue weighted by atomic mass is 32.1. The van der Waals surface area contributed by atoms with Crippen molar-refractivity contribution in [3.8, 4) is 5.00 Å². The third-order valence-corrected chi connectivity index (χ3v) is 2.50. The molecule has 68 valence electrons. The minimum atomic E-state index is -0.190. The number of tetrazole rings is 1. The van der Waals surface area contributed by atoms with E-state index in [1.165, 1.54) is 20.7 Å². The van der Waals surface area contributed by atoms with Crippen molar-refractivity contribution >= 4 is 11.3 Å².